The number of aromatic amines is 1. The zero-order chi connectivity index (χ0) is 13.2. The van der Waals surface area contributed by atoms with Gasteiger partial charge in [-0.1, -0.05) is 20.8 Å². The number of hydrogen-bond acceptors (Lipinski definition) is 3. The van der Waals surface area contributed by atoms with Gasteiger partial charge in [0, 0.05) is 12.7 Å². The Bertz CT molecular complexity index is 501. The third kappa shape index (κ3) is 3.74. The predicted molar refractivity (Wildman–Crippen MR) is 75.8 cm³/mol. The number of hydrogen-bond donors (Lipinski definition) is 2. The fraction of sp³-hybridized carbons (Fsp3) is 0.636. The van der Waals surface area contributed by atoms with Crippen LogP contribution in [0.4, 0.5) is 0 Å². The van der Waals surface area contributed by atoms with Crippen LogP contribution < -0.4 is 11.2 Å². The zero-order valence-corrected chi connectivity index (χ0v) is 12.6. The Labute approximate surface area is 114 Å². The van der Waals surface area contributed by atoms with Gasteiger partial charge in [0.15, 0.2) is 0 Å². The predicted octanol–water partition coefficient (Wildman–Crippen LogP) is 1.89. The smallest absolute Gasteiger partial charge is 0.299 e. The lowest BCUT2D eigenvalue weighted by atomic mass is 9.82. The maximum atomic E-state index is 11.6. The maximum absolute atomic E-state index is 11.6. The quantitative estimate of drug-likeness (QED) is 0.836. The first-order valence-electron chi connectivity index (χ1n) is 5.36. The molecule has 1 aromatic heterocycles. The molecule has 96 valence electrons. The van der Waals surface area contributed by atoms with Gasteiger partial charge in [0.05, 0.1) is 4.47 Å². The van der Waals surface area contributed by atoms with Crippen molar-refractivity contribution in [3.05, 3.63) is 31.5 Å². The molecule has 0 bridgehead atoms. The third-order valence-electron chi connectivity index (χ3n) is 2.83. The molecular weight excluding hydrogens is 304 g/mol. The number of aromatic nitrogens is 2. The van der Waals surface area contributed by atoms with Crippen LogP contribution >= 0.6 is 28.6 Å². The van der Waals surface area contributed by atoms with E-state index in [9.17, 15) is 9.59 Å². The Balaban J connectivity index is 3.07. The zero-order valence-electron chi connectivity index (χ0n) is 10.2. The maximum Gasteiger partial charge on any atom is 0.328 e. The number of nitrogens with zero attached hydrogens (tertiary/aromatic N) is 1. The molecule has 17 heavy (non-hydrogen) atoms. The minimum absolute atomic E-state index is 0.0593. The average Bonchev–Trinajstić information content (AvgIpc) is 2.19. The summed E-state index contributed by atoms with van der Waals surface area (Å²) in [6.45, 7) is 6.88. The van der Waals surface area contributed by atoms with Crippen molar-refractivity contribution in [1.29, 1.82) is 0 Å². The molecule has 1 N–H and O–H groups in total. The van der Waals surface area contributed by atoms with Crippen molar-refractivity contribution >= 4 is 28.6 Å². The summed E-state index contributed by atoms with van der Waals surface area (Å²) in [4.78, 5) is 25.1. The van der Waals surface area contributed by atoms with Crippen molar-refractivity contribution in [1.82, 2.24) is 9.55 Å². The molecule has 0 aromatic carbocycles. The molecule has 1 unspecified atom stereocenters. The minimum Gasteiger partial charge on any atom is -0.299 e. The van der Waals surface area contributed by atoms with Gasteiger partial charge in [-0.3, -0.25) is 14.3 Å². The van der Waals surface area contributed by atoms with Gasteiger partial charge in [-0.05, 0) is 33.0 Å². The van der Waals surface area contributed by atoms with Crippen molar-refractivity contribution in [2.24, 2.45) is 11.3 Å². The molecule has 0 radical (unpaired) electrons. The molecule has 0 saturated carbocycles. The fourth-order valence-corrected chi connectivity index (χ4v) is 2.47. The van der Waals surface area contributed by atoms with Crippen LogP contribution in [0.5, 0.6) is 0 Å². The van der Waals surface area contributed by atoms with Crippen molar-refractivity contribution in [3.8, 4) is 0 Å². The highest BCUT2D eigenvalue weighted by Gasteiger charge is 2.24. The average molecular weight is 321 g/mol. The van der Waals surface area contributed by atoms with Crippen molar-refractivity contribution < 1.29 is 0 Å². The van der Waals surface area contributed by atoms with Crippen molar-refractivity contribution in [3.63, 3.8) is 0 Å². The first-order chi connectivity index (χ1) is 7.75. The second-order valence-corrected chi connectivity index (χ2v) is 6.35. The van der Waals surface area contributed by atoms with Crippen LogP contribution in [-0.2, 0) is 6.54 Å². The summed E-state index contributed by atoms with van der Waals surface area (Å²) in [6.07, 6.45) is 1.53. The summed E-state index contributed by atoms with van der Waals surface area (Å²) in [5.41, 5.74) is -0.720. The Kier molecular flexibility index (Phi) is 4.66. The molecule has 1 rings (SSSR count). The molecule has 0 spiro atoms. The standard InChI is InChI=1S/C11H17BrN2O2S/c1-11(2,3)7(6-17)4-14-5-8(12)9(15)13-10(14)16/h5,7,17H,4,6H2,1-3H3,(H,13,15,16). The van der Waals surface area contributed by atoms with Gasteiger partial charge in [0.25, 0.3) is 5.56 Å². The highest BCUT2D eigenvalue weighted by Crippen LogP contribution is 2.27. The van der Waals surface area contributed by atoms with Crippen LogP contribution in [0.1, 0.15) is 20.8 Å². The summed E-state index contributed by atoms with van der Waals surface area (Å²) in [6, 6.07) is 0. The normalized spacial score (nSPS) is 13.7. The molecule has 4 nitrogen and oxygen atoms in total. The summed E-state index contributed by atoms with van der Waals surface area (Å²) in [7, 11) is 0. The lowest BCUT2D eigenvalue weighted by molar-refractivity contribution is 0.235. The lowest BCUT2D eigenvalue weighted by Crippen LogP contribution is -2.35. The third-order valence-corrected chi connectivity index (χ3v) is 3.84. The topological polar surface area (TPSA) is 54.9 Å². The van der Waals surface area contributed by atoms with E-state index in [1.54, 1.807) is 0 Å². The van der Waals surface area contributed by atoms with Crippen LogP contribution in [0.3, 0.4) is 0 Å². The molecule has 0 aliphatic carbocycles. The Morgan fingerprint density at radius 2 is 2.06 bits per heavy atom. The summed E-state index contributed by atoms with van der Waals surface area (Å²) >= 11 is 7.44. The summed E-state index contributed by atoms with van der Waals surface area (Å²) in [5.74, 6) is 0.938. The van der Waals surface area contributed by atoms with Gasteiger partial charge in [-0.25, -0.2) is 4.79 Å². The second kappa shape index (κ2) is 5.44. The number of thiol groups is 1. The van der Waals surface area contributed by atoms with Crippen molar-refractivity contribution in [2.45, 2.75) is 27.3 Å². The number of H-pyrrole nitrogens is 1. The van der Waals surface area contributed by atoms with Crippen LogP contribution in [0, 0.1) is 11.3 Å². The highest BCUT2D eigenvalue weighted by molar-refractivity contribution is 9.10. The molecule has 0 aliphatic heterocycles. The second-order valence-electron chi connectivity index (χ2n) is 5.13. The van der Waals surface area contributed by atoms with Gasteiger partial charge in [0.1, 0.15) is 0 Å². The van der Waals surface area contributed by atoms with E-state index in [4.69, 9.17) is 0 Å². The molecule has 0 fully saturated rings. The van der Waals surface area contributed by atoms with Gasteiger partial charge in [0.2, 0.25) is 0 Å². The van der Waals surface area contributed by atoms with E-state index in [-0.39, 0.29) is 17.0 Å². The van der Waals surface area contributed by atoms with Gasteiger partial charge in [-0.2, -0.15) is 12.6 Å². The van der Waals surface area contributed by atoms with Gasteiger partial charge < -0.3 is 0 Å². The van der Waals surface area contributed by atoms with E-state index >= 15 is 0 Å². The molecule has 0 saturated heterocycles. The van der Waals surface area contributed by atoms with E-state index in [1.807, 2.05) is 0 Å². The number of halogens is 1. The molecular formula is C11H17BrN2O2S. The van der Waals surface area contributed by atoms with Gasteiger partial charge >= 0.3 is 5.69 Å². The number of nitrogens with one attached hydrogen (secondary N) is 1. The van der Waals surface area contributed by atoms with E-state index in [1.165, 1.54) is 10.8 Å². The van der Waals surface area contributed by atoms with Crippen LogP contribution in [0.25, 0.3) is 0 Å². The van der Waals surface area contributed by atoms with E-state index in [2.05, 4.69) is 54.3 Å². The van der Waals surface area contributed by atoms with Crippen molar-refractivity contribution in [2.75, 3.05) is 5.75 Å². The van der Waals surface area contributed by atoms with Gasteiger partial charge in [-0.15, -0.1) is 0 Å². The monoisotopic (exact) mass is 320 g/mol. The van der Waals surface area contributed by atoms with E-state index in [0.29, 0.717) is 16.8 Å². The Morgan fingerprint density at radius 3 is 2.53 bits per heavy atom. The number of rotatable bonds is 3. The van der Waals surface area contributed by atoms with E-state index in [0.717, 1.165) is 0 Å². The minimum atomic E-state index is -0.399. The van der Waals surface area contributed by atoms with E-state index < -0.39 is 5.56 Å². The molecule has 1 heterocycles. The molecule has 6 heteroatoms. The fourth-order valence-electron chi connectivity index (χ4n) is 1.46. The molecule has 0 aliphatic rings. The SMILES string of the molecule is CC(C)(C)C(CS)Cn1cc(Br)c(=O)[nH]c1=O. The van der Waals surface area contributed by atoms with Crippen LogP contribution in [0.15, 0.2) is 20.3 Å². The Morgan fingerprint density at radius 1 is 1.47 bits per heavy atom. The Hall–Kier alpha value is -0.490. The summed E-state index contributed by atoms with van der Waals surface area (Å²) < 4.78 is 1.88. The lowest BCUT2D eigenvalue weighted by Gasteiger charge is -2.29. The molecule has 1 aromatic rings. The first-order valence-corrected chi connectivity index (χ1v) is 6.78. The largest absolute Gasteiger partial charge is 0.328 e. The summed E-state index contributed by atoms with van der Waals surface area (Å²) in [5, 5.41) is 0. The molecule has 0 amide bonds. The first kappa shape index (κ1) is 14.6. The highest BCUT2D eigenvalue weighted by atomic mass is 79.9. The molecule has 1 atom stereocenters. The van der Waals surface area contributed by atoms with Crippen LogP contribution in [-0.4, -0.2) is 15.3 Å². The van der Waals surface area contributed by atoms with Crippen LogP contribution in [0.2, 0.25) is 0 Å².